The Bertz CT molecular complexity index is 597. The molecule has 1 aliphatic carbocycles. The van der Waals surface area contributed by atoms with Crippen LogP contribution in [-0.2, 0) is 24.5 Å². The van der Waals surface area contributed by atoms with Crippen LogP contribution in [0, 0.1) is 5.92 Å². The molecule has 0 saturated carbocycles. The third-order valence-electron chi connectivity index (χ3n) is 4.37. The predicted octanol–water partition coefficient (Wildman–Crippen LogP) is 3.12. The number of allylic oxidation sites excluding steroid dienone is 2. The van der Waals surface area contributed by atoms with Crippen LogP contribution in [0.1, 0.15) is 38.7 Å². The van der Waals surface area contributed by atoms with Crippen LogP contribution in [-0.4, -0.2) is 17.7 Å². The molecule has 0 bridgehead atoms. The molecule has 0 aromatic heterocycles. The van der Waals surface area contributed by atoms with Crippen LogP contribution >= 0.6 is 0 Å². The zero-order chi connectivity index (χ0) is 15.8. The zero-order valence-electron chi connectivity index (χ0n) is 12.9. The van der Waals surface area contributed by atoms with E-state index in [-0.39, 0.29) is 0 Å². The first-order valence-corrected chi connectivity index (χ1v) is 7.64. The van der Waals surface area contributed by atoms with Crippen molar-refractivity contribution in [2.45, 2.75) is 44.3 Å². The molecule has 0 N–H and O–H groups in total. The Balaban J connectivity index is 2.08. The van der Waals surface area contributed by atoms with Gasteiger partial charge in [-0.15, -0.1) is 0 Å². The largest absolute Gasteiger partial charge is 0.422 e. The lowest BCUT2D eigenvalue weighted by atomic mass is 9.65. The number of rotatable bonds is 2. The summed E-state index contributed by atoms with van der Waals surface area (Å²) < 4.78 is 10.7. The number of hydrogen-bond acceptors (Lipinski definition) is 4. The standard InChI is InChI=1S/C18H20O4/c1-17(2)21-15(19)14(16(20)22-17)18(11-7-4-8-12-18)13-9-5-3-6-10-13/h3,5-7,9-11,14H,4,8,12H2,1-2H3. The van der Waals surface area contributed by atoms with Gasteiger partial charge in [-0.2, -0.15) is 0 Å². The van der Waals surface area contributed by atoms with E-state index in [1.54, 1.807) is 13.8 Å². The highest BCUT2D eigenvalue weighted by atomic mass is 16.7. The molecule has 0 amide bonds. The molecule has 1 saturated heterocycles. The molecule has 116 valence electrons. The van der Waals surface area contributed by atoms with Gasteiger partial charge >= 0.3 is 11.9 Å². The Kier molecular flexibility index (Phi) is 3.55. The minimum atomic E-state index is -1.19. The SMILES string of the molecule is CC1(C)OC(=O)C(C2(c3ccccc3)C=CCCC2)C(=O)O1. The second-order valence-electron chi connectivity index (χ2n) is 6.38. The summed E-state index contributed by atoms with van der Waals surface area (Å²) in [5.41, 5.74) is 0.272. The topological polar surface area (TPSA) is 52.6 Å². The van der Waals surface area contributed by atoms with Gasteiger partial charge in [0.25, 0.3) is 5.79 Å². The molecule has 3 rings (SSSR count). The number of esters is 2. The van der Waals surface area contributed by atoms with Crippen LogP contribution in [0.5, 0.6) is 0 Å². The minimum Gasteiger partial charge on any atom is -0.422 e. The van der Waals surface area contributed by atoms with Crippen molar-refractivity contribution in [3.8, 4) is 0 Å². The number of hydrogen-bond donors (Lipinski definition) is 0. The van der Waals surface area contributed by atoms with Crippen molar-refractivity contribution in [2.75, 3.05) is 0 Å². The Hall–Kier alpha value is -2.10. The molecule has 1 fully saturated rings. The van der Waals surface area contributed by atoms with E-state index in [1.807, 2.05) is 42.5 Å². The van der Waals surface area contributed by atoms with Gasteiger partial charge in [-0.05, 0) is 24.8 Å². The number of benzene rings is 1. The maximum atomic E-state index is 12.5. The maximum absolute atomic E-state index is 12.5. The second-order valence-corrected chi connectivity index (χ2v) is 6.38. The zero-order valence-corrected chi connectivity index (χ0v) is 12.9. The first kappa shape index (κ1) is 14.8. The average Bonchev–Trinajstić information content (AvgIpc) is 2.47. The number of ether oxygens (including phenoxy) is 2. The number of cyclic esters (lactones) is 2. The van der Waals surface area contributed by atoms with E-state index in [0.717, 1.165) is 24.8 Å². The van der Waals surface area contributed by atoms with Crippen LogP contribution in [0.3, 0.4) is 0 Å². The van der Waals surface area contributed by atoms with E-state index in [9.17, 15) is 9.59 Å². The van der Waals surface area contributed by atoms with Crippen LogP contribution in [0.4, 0.5) is 0 Å². The molecule has 2 aliphatic rings. The van der Waals surface area contributed by atoms with Gasteiger partial charge in [0.1, 0.15) is 0 Å². The minimum absolute atomic E-state index is 0.503. The van der Waals surface area contributed by atoms with Crippen molar-refractivity contribution in [2.24, 2.45) is 5.92 Å². The summed E-state index contributed by atoms with van der Waals surface area (Å²) in [6, 6.07) is 9.67. The van der Waals surface area contributed by atoms with Gasteiger partial charge < -0.3 is 9.47 Å². The van der Waals surface area contributed by atoms with Crippen molar-refractivity contribution in [1.82, 2.24) is 0 Å². The molecule has 1 aliphatic heterocycles. The monoisotopic (exact) mass is 300 g/mol. The summed E-state index contributed by atoms with van der Waals surface area (Å²) in [5.74, 6) is -3.14. The third kappa shape index (κ3) is 2.43. The van der Waals surface area contributed by atoms with Gasteiger partial charge in [-0.3, -0.25) is 9.59 Å². The van der Waals surface area contributed by atoms with E-state index >= 15 is 0 Å². The highest BCUT2D eigenvalue weighted by Crippen LogP contribution is 2.45. The summed E-state index contributed by atoms with van der Waals surface area (Å²) >= 11 is 0. The van der Waals surface area contributed by atoms with Crippen LogP contribution in [0.15, 0.2) is 42.5 Å². The van der Waals surface area contributed by atoms with Crippen LogP contribution in [0.2, 0.25) is 0 Å². The molecule has 22 heavy (non-hydrogen) atoms. The Morgan fingerprint density at radius 1 is 1.05 bits per heavy atom. The summed E-state index contributed by atoms with van der Waals surface area (Å²) in [6.07, 6.45) is 6.62. The van der Waals surface area contributed by atoms with Gasteiger partial charge in [-0.25, -0.2) is 0 Å². The fourth-order valence-electron chi connectivity index (χ4n) is 3.43. The van der Waals surface area contributed by atoms with Crippen molar-refractivity contribution >= 4 is 11.9 Å². The third-order valence-corrected chi connectivity index (χ3v) is 4.37. The maximum Gasteiger partial charge on any atom is 0.324 e. The number of carbonyl (C=O) groups is 2. The van der Waals surface area contributed by atoms with E-state index < -0.39 is 29.1 Å². The summed E-state index contributed by atoms with van der Waals surface area (Å²) in [7, 11) is 0. The Labute approximate surface area is 130 Å². The van der Waals surface area contributed by atoms with Crippen molar-refractivity contribution in [1.29, 1.82) is 0 Å². The Morgan fingerprint density at radius 2 is 1.68 bits per heavy atom. The lowest BCUT2D eigenvalue weighted by Gasteiger charge is -2.43. The van der Waals surface area contributed by atoms with Crippen molar-refractivity contribution in [3.63, 3.8) is 0 Å². The van der Waals surface area contributed by atoms with Crippen LogP contribution in [0.25, 0.3) is 0 Å². The highest BCUT2D eigenvalue weighted by molar-refractivity contribution is 5.99. The summed E-state index contributed by atoms with van der Waals surface area (Å²) in [6.45, 7) is 3.15. The first-order valence-electron chi connectivity index (χ1n) is 7.64. The fourth-order valence-corrected chi connectivity index (χ4v) is 3.43. The molecule has 1 unspecified atom stereocenters. The van der Waals surface area contributed by atoms with Crippen molar-refractivity contribution < 1.29 is 19.1 Å². The van der Waals surface area contributed by atoms with Gasteiger partial charge in [0.2, 0.25) is 0 Å². The van der Waals surface area contributed by atoms with Crippen molar-refractivity contribution in [3.05, 3.63) is 48.0 Å². The molecule has 0 spiro atoms. The molecule has 4 nitrogen and oxygen atoms in total. The van der Waals surface area contributed by atoms with Gasteiger partial charge in [0.05, 0.1) is 0 Å². The lowest BCUT2D eigenvalue weighted by Crippen LogP contribution is -2.54. The van der Waals surface area contributed by atoms with E-state index in [2.05, 4.69) is 0 Å². The molecule has 1 heterocycles. The molecule has 0 radical (unpaired) electrons. The normalized spacial score (nSPS) is 28.1. The van der Waals surface area contributed by atoms with Gasteiger partial charge in [0.15, 0.2) is 5.92 Å². The lowest BCUT2D eigenvalue weighted by molar-refractivity contribution is -0.243. The molecule has 1 aromatic carbocycles. The average molecular weight is 300 g/mol. The van der Waals surface area contributed by atoms with E-state index in [0.29, 0.717) is 0 Å². The fraction of sp³-hybridized carbons (Fsp3) is 0.444. The second kappa shape index (κ2) is 5.27. The highest BCUT2D eigenvalue weighted by Gasteiger charge is 2.54. The van der Waals surface area contributed by atoms with E-state index in [1.165, 1.54) is 0 Å². The van der Waals surface area contributed by atoms with Gasteiger partial charge in [-0.1, -0.05) is 42.5 Å². The quantitative estimate of drug-likeness (QED) is 0.478. The summed E-state index contributed by atoms with van der Waals surface area (Å²) in [5, 5.41) is 0. The molecular weight excluding hydrogens is 280 g/mol. The molecule has 1 atom stereocenters. The predicted molar refractivity (Wildman–Crippen MR) is 80.9 cm³/mol. The molecular formula is C18H20O4. The van der Waals surface area contributed by atoms with E-state index in [4.69, 9.17) is 9.47 Å². The molecule has 4 heteroatoms. The van der Waals surface area contributed by atoms with Gasteiger partial charge in [0, 0.05) is 19.3 Å². The number of carbonyl (C=O) groups excluding carboxylic acids is 2. The van der Waals surface area contributed by atoms with Crippen LogP contribution < -0.4 is 0 Å². The smallest absolute Gasteiger partial charge is 0.324 e. The molecule has 1 aromatic rings. The first-order chi connectivity index (χ1) is 10.4. The Morgan fingerprint density at radius 3 is 2.23 bits per heavy atom. The summed E-state index contributed by atoms with van der Waals surface area (Å²) in [4.78, 5) is 25.1.